The summed E-state index contributed by atoms with van der Waals surface area (Å²) in [7, 11) is 0. The van der Waals surface area contributed by atoms with Gasteiger partial charge in [-0.1, -0.05) is 6.92 Å². The van der Waals surface area contributed by atoms with Gasteiger partial charge >= 0.3 is 0 Å². The second-order valence-corrected chi connectivity index (χ2v) is 4.73. The van der Waals surface area contributed by atoms with E-state index in [1.165, 1.54) is 19.3 Å². The smallest absolute Gasteiger partial charge is 0.0468 e. The van der Waals surface area contributed by atoms with Crippen molar-refractivity contribution in [2.24, 2.45) is 17.6 Å². The highest BCUT2D eigenvalue weighted by atomic mass is 16.5. The molecule has 1 heterocycles. The summed E-state index contributed by atoms with van der Waals surface area (Å²) in [5.74, 6) is 1.60. The topological polar surface area (TPSA) is 47.3 Å². The van der Waals surface area contributed by atoms with Crippen molar-refractivity contribution >= 4 is 0 Å². The number of rotatable bonds is 7. The molecule has 0 aromatic carbocycles. The van der Waals surface area contributed by atoms with Crippen LogP contribution >= 0.6 is 0 Å². The van der Waals surface area contributed by atoms with Crippen molar-refractivity contribution in [1.29, 1.82) is 0 Å². The molecule has 90 valence electrons. The predicted octanol–water partition coefficient (Wildman–Crippen LogP) is 1.38. The molecule has 1 aliphatic rings. The molecule has 3 N–H and O–H groups in total. The Morgan fingerprint density at radius 3 is 2.80 bits per heavy atom. The van der Waals surface area contributed by atoms with Crippen molar-refractivity contribution in [2.75, 3.05) is 32.8 Å². The molecule has 15 heavy (non-hydrogen) atoms. The molecular weight excluding hydrogens is 188 g/mol. The van der Waals surface area contributed by atoms with Gasteiger partial charge in [-0.3, -0.25) is 0 Å². The monoisotopic (exact) mass is 214 g/mol. The molecule has 0 amide bonds. The van der Waals surface area contributed by atoms with Gasteiger partial charge in [-0.25, -0.2) is 0 Å². The minimum absolute atomic E-state index is 0.713. The first-order chi connectivity index (χ1) is 7.33. The van der Waals surface area contributed by atoms with Crippen LogP contribution < -0.4 is 11.1 Å². The molecule has 1 rings (SSSR count). The zero-order chi connectivity index (χ0) is 10.9. The molecule has 0 aromatic heterocycles. The van der Waals surface area contributed by atoms with Crippen LogP contribution in [0.4, 0.5) is 0 Å². The minimum atomic E-state index is 0.713. The van der Waals surface area contributed by atoms with E-state index in [2.05, 4.69) is 12.2 Å². The Hall–Kier alpha value is -0.120. The Bertz CT molecular complexity index is 147. The zero-order valence-corrected chi connectivity index (χ0v) is 10.0. The largest absolute Gasteiger partial charge is 0.381 e. The molecule has 0 spiro atoms. The summed E-state index contributed by atoms with van der Waals surface area (Å²) < 4.78 is 5.34. The van der Waals surface area contributed by atoms with Crippen LogP contribution in [0.3, 0.4) is 0 Å². The fourth-order valence-electron chi connectivity index (χ4n) is 2.08. The summed E-state index contributed by atoms with van der Waals surface area (Å²) in [6.07, 6.45) is 4.93. The minimum Gasteiger partial charge on any atom is -0.381 e. The van der Waals surface area contributed by atoms with Crippen LogP contribution in [0.15, 0.2) is 0 Å². The Kier molecular flexibility index (Phi) is 6.98. The lowest BCUT2D eigenvalue weighted by atomic mass is 9.96. The van der Waals surface area contributed by atoms with E-state index in [0.717, 1.165) is 45.2 Å². The highest BCUT2D eigenvalue weighted by Crippen LogP contribution is 2.17. The van der Waals surface area contributed by atoms with E-state index in [1.54, 1.807) is 0 Å². The van der Waals surface area contributed by atoms with Crippen LogP contribution in [0.5, 0.6) is 0 Å². The van der Waals surface area contributed by atoms with E-state index in [4.69, 9.17) is 10.5 Å². The maximum atomic E-state index is 5.51. The maximum absolute atomic E-state index is 5.51. The first-order valence-electron chi connectivity index (χ1n) is 6.31. The van der Waals surface area contributed by atoms with E-state index in [9.17, 15) is 0 Å². The van der Waals surface area contributed by atoms with Crippen molar-refractivity contribution in [3.05, 3.63) is 0 Å². The van der Waals surface area contributed by atoms with Crippen molar-refractivity contribution in [3.8, 4) is 0 Å². The number of hydrogen-bond acceptors (Lipinski definition) is 3. The fraction of sp³-hybridized carbons (Fsp3) is 1.00. The van der Waals surface area contributed by atoms with Crippen molar-refractivity contribution in [3.63, 3.8) is 0 Å². The van der Waals surface area contributed by atoms with Gasteiger partial charge in [0, 0.05) is 13.2 Å². The molecule has 0 bridgehead atoms. The zero-order valence-electron chi connectivity index (χ0n) is 10.0. The average Bonchev–Trinajstić information content (AvgIpc) is 2.26. The van der Waals surface area contributed by atoms with Gasteiger partial charge in [-0.05, 0) is 57.2 Å². The number of nitrogens with two attached hydrogens (primary N) is 1. The Morgan fingerprint density at radius 2 is 2.13 bits per heavy atom. The number of ether oxygens (including phenoxy) is 1. The summed E-state index contributed by atoms with van der Waals surface area (Å²) in [4.78, 5) is 0. The van der Waals surface area contributed by atoms with Gasteiger partial charge in [0.25, 0.3) is 0 Å². The summed E-state index contributed by atoms with van der Waals surface area (Å²) in [6.45, 7) is 7.26. The van der Waals surface area contributed by atoms with Gasteiger partial charge in [-0.15, -0.1) is 0 Å². The van der Waals surface area contributed by atoms with E-state index in [1.807, 2.05) is 0 Å². The van der Waals surface area contributed by atoms with Crippen LogP contribution in [0.25, 0.3) is 0 Å². The molecule has 3 heteroatoms. The first kappa shape index (κ1) is 12.9. The molecule has 1 fully saturated rings. The van der Waals surface area contributed by atoms with Crippen molar-refractivity contribution in [1.82, 2.24) is 5.32 Å². The van der Waals surface area contributed by atoms with Crippen LogP contribution in [0, 0.1) is 11.8 Å². The van der Waals surface area contributed by atoms with E-state index < -0.39 is 0 Å². The summed E-state index contributed by atoms with van der Waals surface area (Å²) in [5, 5.41) is 3.52. The molecule has 0 saturated carbocycles. The maximum Gasteiger partial charge on any atom is 0.0468 e. The second kappa shape index (κ2) is 8.08. The Morgan fingerprint density at radius 1 is 1.40 bits per heavy atom. The van der Waals surface area contributed by atoms with Crippen LogP contribution in [0.2, 0.25) is 0 Å². The first-order valence-corrected chi connectivity index (χ1v) is 6.31. The van der Waals surface area contributed by atoms with Gasteiger partial charge in [0.15, 0.2) is 0 Å². The van der Waals surface area contributed by atoms with Crippen molar-refractivity contribution < 1.29 is 4.74 Å². The average molecular weight is 214 g/mol. The molecule has 0 radical (unpaired) electrons. The third-order valence-corrected chi connectivity index (χ3v) is 3.22. The molecular formula is C12H26N2O. The van der Waals surface area contributed by atoms with Gasteiger partial charge in [0.1, 0.15) is 0 Å². The fourth-order valence-corrected chi connectivity index (χ4v) is 2.08. The molecule has 3 nitrogen and oxygen atoms in total. The lowest BCUT2D eigenvalue weighted by Crippen LogP contribution is -2.26. The van der Waals surface area contributed by atoms with Crippen molar-refractivity contribution in [2.45, 2.75) is 32.6 Å². The highest BCUT2D eigenvalue weighted by molar-refractivity contribution is 4.65. The SMILES string of the molecule is CC(CCN)CNCCC1CCOCC1. The van der Waals surface area contributed by atoms with Gasteiger partial charge in [0.2, 0.25) is 0 Å². The van der Waals surface area contributed by atoms with E-state index >= 15 is 0 Å². The number of hydrogen-bond donors (Lipinski definition) is 2. The summed E-state index contributed by atoms with van der Waals surface area (Å²) in [6, 6.07) is 0. The second-order valence-electron chi connectivity index (χ2n) is 4.73. The number of nitrogens with one attached hydrogen (secondary N) is 1. The quantitative estimate of drug-likeness (QED) is 0.629. The summed E-state index contributed by atoms with van der Waals surface area (Å²) >= 11 is 0. The highest BCUT2D eigenvalue weighted by Gasteiger charge is 2.12. The van der Waals surface area contributed by atoms with Crippen LogP contribution in [0.1, 0.15) is 32.6 Å². The van der Waals surface area contributed by atoms with Gasteiger partial charge in [-0.2, -0.15) is 0 Å². The lowest BCUT2D eigenvalue weighted by Gasteiger charge is -2.22. The summed E-state index contributed by atoms with van der Waals surface area (Å²) in [5.41, 5.74) is 5.51. The predicted molar refractivity (Wildman–Crippen MR) is 63.9 cm³/mol. The molecule has 0 aliphatic carbocycles. The Labute approximate surface area is 93.8 Å². The molecule has 1 unspecified atom stereocenters. The van der Waals surface area contributed by atoms with Gasteiger partial charge < -0.3 is 15.8 Å². The molecule has 1 atom stereocenters. The molecule has 1 saturated heterocycles. The lowest BCUT2D eigenvalue weighted by molar-refractivity contribution is 0.0639. The Balaban J connectivity index is 1.91. The van der Waals surface area contributed by atoms with Crippen LogP contribution in [-0.4, -0.2) is 32.8 Å². The standard InChI is InChI=1S/C12H26N2O/c1-11(2-6-13)10-14-7-3-12-4-8-15-9-5-12/h11-12,14H,2-10,13H2,1H3. The third kappa shape index (κ3) is 6.13. The van der Waals surface area contributed by atoms with Crippen LogP contribution in [-0.2, 0) is 4.74 Å². The normalized spacial score (nSPS) is 20.4. The van der Waals surface area contributed by atoms with E-state index in [0.29, 0.717) is 5.92 Å². The molecule has 0 aromatic rings. The van der Waals surface area contributed by atoms with E-state index in [-0.39, 0.29) is 0 Å². The molecule has 1 aliphatic heterocycles. The van der Waals surface area contributed by atoms with Gasteiger partial charge in [0.05, 0.1) is 0 Å². The third-order valence-electron chi connectivity index (χ3n) is 3.22.